The van der Waals surface area contributed by atoms with Gasteiger partial charge < -0.3 is 14.9 Å². The van der Waals surface area contributed by atoms with Crippen molar-refractivity contribution >= 4 is 51.1 Å². The number of carbonyl (C=O) groups is 1. The summed E-state index contributed by atoms with van der Waals surface area (Å²) in [7, 11) is 0. The molecule has 0 saturated carbocycles. The van der Waals surface area contributed by atoms with Crippen LogP contribution in [-0.4, -0.2) is 26.1 Å². The van der Waals surface area contributed by atoms with Crippen molar-refractivity contribution < 1.29 is 9.90 Å². The summed E-state index contributed by atoms with van der Waals surface area (Å²) in [6, 6.07) is 62.9. The van der Waals surface area contributed by atoms with E-state index in [1.165, 1.54) is 0 Å². The number of para-hydroxylation sites is 4. The summed E-state index contributed by atoms with van der Waals surface area (Å²) in [5.74, 6) is -0.791. The third-order valence-electron chi connectivity index (χ3n) is 9.51. The predicted molar refractivity (Wildman–Crippen MR) is 219 cm³/mol. The summed E-state index contributed by atoms with van der Waals surface area (Å²) >= 11 is 0. The molecule has 0 saturated heterocycles. The highest BCUT2D eigenvalue weighted by atomic mass is 16.4. The minimum absolute atomic E-state index is 0.127. The van der Waals surface area contributed by atoms with Gasteiger partial charge in [-0.1, -0.05) is 109 Å². The summed E-state index contributed by atoms with van der Waals surface area (Å²) in [6.07, 6.45) is 1.36. The number of aromatic nitrogens is 3. The van der Waals surface area contributed by atoms with Gasteiger partial charge in [0.15, 0.2) is 0 Å². The molecule has 0 spiro atoms. The van der Waals surface area contributed by atoms with Crippen LogP contribution in [0.3, 0.4) is 0 Å². The van der Waals surface area contributed by atoms with Crippen molar-refractivity contribution in [2.75, 3.05) is 9.80 Å². The maximum absolute atomic E-state index is 11.2. The number of unbranched alkanes of at least 4 members (excludes halogenated alkanes) is 1. The third-order valence-corrected chi connectivity index (χ3v) is 9.51. The maximum Gasteiger partial charge on any atom is 0.303 e. The van der Waals surface area contributed by atoms with Crippen molar-refractivity contribution in [3.63, 3.8) is 0 Å². The molecule has 264 valence electrons. The average molecular weight is 706 g/mol. The standard InChI is InChI=1S/C47H39N5O2/c53-45(54)23-13-14-34-50-48-46-43(35-24-28-41(29-25-35)51(37-15-5-1-6-16-37)38-17-7-2-8-18-38)32-33-44(47(46)49-50)36-26-30-42(31-27-36)52(39-19-9-3-10-20-39)40-21-11-4-12-22-40/h1-12,15-22,24-33H,13-14,23,34H2,(H,53,54). The minimum atomic E-state index is -0.791. The highest BCUT2D eigenvalue weighted by molar-refractivity contribution is 6.00. The number of carboxylic acid groups (broad SMARTS) is 1. The predicted octanol–water partition coefficient (Wildman–Crippen LogP) is 12.0. The molecule has 0 atom stereocenters. The molecule has 0 aliphatic heterocycles. The van der Waals surface area contributed by atoms with E-state index >= 15 is 0 Å². The van der Waals surface area contributed by atoms with Crippen LogP contribution in [-0.2, 0) is 11.3 Å². The smallest absolute Gasteiger partial charge is 0.303 e. The Morgan fingerprint density at radius 1 is 0.444 bits per heavy atom. The molecule has 0 unspecified atom stereocenters. The van der Waals surface area contributed by atoms with E-state index < -0.39 is 5.97 Å². The molecule has 1 N–H and O–H groups in total. The Kier molecular flexibility index (Phi) is 9.93. The number of hydrogen-bond acceptors (Lipinski definition) is 5. The molecule has 7 aromatic carbocycles. The quantitative estimate of drug-likeness (QED) is 0.120. The number of carboxylic acids is 1. The Bertz CT molecular complexity index is 2210. The zero-order valence-electron chi connectivity index (χ0n) is 29.7. The van der Waals surface area contributed by atoms with Gasteiger partial charge in [0, 0.05) is 51.7 Å². The van der Waals surface area contributed by atoms with Gasteiger partial charge in [0.2, 0.25) is 0 Å². The van der Waals surface area contributed by atoms with Crippen molar-refractivity contribution in [2.24, 2.45) is 0 Å². The molecule has 7 heteroatoms. The first-order valence-electron chi connectivity index (χ1n) is 18.2. The molecule has 0 fully saturated rings. The summed E-state index contributed by atoms with van der Waals surface area (Å²) in [4.78, 5) is 17.4. The number of nitrogens with zero attached hydrogens (tertiary/aromatic N) is 5. The molecule has 0 bridgehead atoms. The SMILES string of the molecule is O=C(O)CCCCn1nc2c(-c3ccc(N(c4ccccc4)c4ccccc4)cc3)ccc(-c3ccc(N(c4ccccc4)c4ccccc4)cc3)c2n1. The van der Waals surface area contributed by atoms with Crippen molar-refractivity contribution in [2.45, 2.75) is 25.8 Å². The Morgan fingerprint density at radius 3 is 1.11 bits per heavy atom. The lowest BCUT2D eigenvalue weighted by atomic mass is 9.97. The largest absolute Gasteiger partial charge is 0.481 e. The fourth-order valence-corrected chi connectivity index (χ4v) is 6.91. The molecule has 1 heterocycles. The van der Waals surface area contributed by atoms with E-state index in [4.69, 9.17) is 10.2 Å². The van der Waals surface area contributed by atoms with E-state index in [1.807, 2.05) is 24.3 Å². The lowest BCUT2D eigenvalue weighted by molar-refractivity contribution is -0.137. The van der Waals surface area contributed by atoms with Gasteiger partial charge in [0.25, 0.3) is 0 Å². The molecule has 0 aliphatic carbocycles. The lowest BCUT2D eigenvalue weighted by Gasteiger charge is -2.25. The van der Waals surface area contributed by atoms with E-state index in [9.17, 15) is 9.90 Å². The van der Waals surface area contributed by atoms with Gasteiger partial charge in [-0.05, 0) is 96.8 Å². The van der Waals surface area contributed by atoms with Crippen LogP contribution >= 0.6 is 0 Å². The van der Waals surface area contributed by atoms with Crippen molar-refractivity contribution in [3.05, 3.63) is 182 Å². The van der Waals surface area contributed by atoms with Gasteiger partial charge in [-0.3, -0.25) is 4.79 Å². The van der Waals surface area contributed by atoms with Crippen molar-refractivity contribution in [1.82, 2.24) is 15.0 Å². The number of benzene rings is 7. The lowest BCUT2D eigenvalue weighted by Crippen LogP contribution is -2.09. The van der Waals surface area contributed by atoms with E-state index in [0.29, 0.717) is 19.4 Å². The second-order valence-corrected chi connectivity index (χ2v) is 13.1. The van der Waals surface area contributed by atoms with E-state index in [1.54, 1.807) is 4.80 Å². The number of aryl methyl sites for hydroxylation is 1. The van der Waals surface area contributed by atoms with Crippen LogP contribution in [0.15, 0.2) is 182 Å². The van der Waals surface area contributed by atoms with Gasteiger partial charge >= 0.3 is 5.97 Å². The highest BCUT2D eigenvalue weighted by Gasteiger charge is 2.18. The molecule has 54 heavy (non-hydrogen) atoms. The Balaban J connectivity index is 1.16. The molecule has 0 amide bonds. The van der Waals surface area contributed by atoms with Crippen LogP contribution < -0.4 is 9.80 Å². The zero-order valence-corrected chi connectivity index (χ0v) is 29.7. The topological polar surface area (TPSA) is 74.5 Å². The fourth-order valence-electron chi connectivity index (χ4n) is 6.91. The first-order chi connectivity index (χ1) is 26.6. The Hall–Kier alpha value is -6.99. The molecule has 1 aromatic heterocycles. The Morgan fingerprint density at radius 2 is 0.778 bits per heavy atom. The van der Waals surface area contributed by atoms with Crippen LogP contribution in [0.5, 0.6) is 0 Å². The van der Waals surface area contributed by atoms with E-state index in [2.05, 4.69) is 168 Å². The van der Waals surface area contributed by atoms with Crippen molar-refractivity contribution in [1.29, 1.82) is 0 Å². The molecule has 8 rings (SSSR count). The molecular weight excluding hydrogens is 667 g/mol. The molecule has 8 aromatic rings. The summed E-state index contributed by atoms with van der Waals surface area (Å²) in [5, 5.41) is 19.2. The van der Waals surface area contributed by atoms with E-state index in [-0.39, 0.29) is 6.42 Å². The van der Waals surface area contributed by atoms with E-state index in [0.717, 1.165) is 67.4 Å². The van der Waals surface area contributed by atoms with Crippen LogP contribution in [0.25, 0.3) is 33.3 Å². The van der Waals surface area contributed by atoms with Gasteiger partial charge in [0.05, 0.1) is 6.54 Å². The summed E-state index contributed by atoms with van der Waals surface area (Å²) in [6.45, 7) is 0.533. The monoisotopic (exact) mass is 705 g/mol. The number of anilines is 6. The van der Waals surface area contributed by atoms with Crippen molar-refractivity contribution in [3.8, 4) is 22.3 Å². The zero-order chi connectivity index (χ0) is 36.7. The first kappa shape index (κ1) is 34.1. The Labute approximate surface area is 315 Å². The molecule has 0 radical (unpaired) electrons. The van der Waals surface area contributed by atoms with Gasteiger partial charge in [0.1, 0.15) is 11.0 Å². The van der Waals surface area contributed by atoms with Crippen LogP contribution in [0.2, 0.25) is 0 Å². The third kappa shape index (κ3) is 7.34. The summed E-state index contributed by atoms with van der Waals surface area (Å²) < 4.78 is 0. The normalized spacial score (nSPS) is 11.0. The highest BCUT2D eigenvalue weighted by Crippen LogP contribution is 2.39. The maximum atomic E-state index is 11.2. The second kappa shape index (κ2) is 15.7. The second-order valence-electron chi connectivity index (χ2n) is 13.1. The average Bonchev–Trinajstić information content (AvgIpc) is 3.66. The molecule has 7 nitrogen and oxygen atoms in total. The number of fused-ring (bicyclic) bond motifs is 1. The number of hydrogen-bond donors (Lipinski definition) is 1. The van der Waals surface area contributed by atoms with Gasteiger partial charge in [-0.15, -0.1) is 0 Å². The van der Waals surface area contributed by atoms with Gasteiger partial charge in [-0.2, -0.15) is 15.0 Å². The van der Waals surface area contributed by atoms with Crippen LogP contribution in [0.1, 0.15) is 19.3 Å². The van der Waals surface area contributed by atoms with Crippen LogP contribution in [0.4, 0.5) is 34.1 Å². The fraction of sp³-hybridized carbons (Fsp3) is 0.0851. The van der Waals surface area contributed by atoms with Crippen LogP contribution in [0, 0.1) is 0 Å². The number of rotatable bonds is 13. The first-order valence-corrected chi connectivity index (χ1v) is 18.2. The van der Waals surface area contributed by atoms with Gasteiger partial charge in [-0.25, -0.2) is 0 Å². The minimum Gasteiger partial charge on any atom is -0.481 e. The molecule has 0 aliphatic rings. The summed E-state index contributed by atoms with van der Waals surface area (Å²) in [5.41, 5.74) is 12.1. The molecular formula is C47H39N5O2. The number of aliphatic carboxylic acids is 1.